The van der Waals surface area contributed by atoms with Crippen LogP contribution < -0.4 is 11.1 Å². The molecule has 0 heterocycles. The first-order chi connectivity index (χ1) is 17.0. The van der Waals surface area contributed by atoms with Crippen LogP contribution in [0.25, 0.3) is 0 Å². The maximum atomic E-state index is 12.4. The highest BCUT2D eigenvalue weighted by atomic mass is 16.3. The van der Waals surface area contributed by atoms with E-state index >= 15 is 0 Å². The molecule has 0 bridgehead atoms. The first-order valence-corrected chi connectivity index (χ1v) is 15.7. The number of hydrogen-bond donors (Lipinski definition) is 3. The second-order valence-corrected chi connectivity index (χ2v) is 11.0. The maximum Gasteiger partial charge on any atom is 0.220 e. The lowest BCUT2D eigenvalue weighted by Crippen LogP contribution is -2.61. The molecule has 1 amide bonds. The van der Waals surface area contributed by atoms with Gasteiger partial charge in [0, 0.05) is 12.5 Å². The van der Waals surface area contributed by atoms with Crippen LogP contribution in [0.1, 0.15) is 175 Å². The molecule has 35 heavy (non-hydrogen) atoms. The molecule has 0 saturated carbocycles. The maximum absolute atomic E-state index is 12.4. The van der Waals surface area contributed by atoms with Crippen LogP contribution in [0.15, 0.2) is 0 Å². The molecule has 0 fully saturated rings. The minimum absolute atomic E-state index is 0.0546. The number of carbonyl (C=O) groups is 1. The number of nitrogens with one attached hydrogen (secondary N) is 1. The zero-order valence-electron chi connectivity index (χ0n) is 24.4. The fourth-order valence-electron chi connectivity index (χ4n) is 5.33. The average Bonchev–Trinajstić information content (AvgIpc) is 2.87. The molecule has 0 aliphatic carbocycles. The van der Waals surface area contributed by atoms with Gasteiger partial charge in [0.25, 0.3) is 0 Å². The van der Waals surface area contributed by atoms with Crippen molar-refractivity contribution in [2.75, 3.05) is 0 Å². The summed E-state index contributed by atoms with van der Waals surface area (Å²) in [6.45, 7) is 8.22. The molecule has 0 rings (SSSR count). The third-order valence-corrected chi connectivity index (χ3v) is 8.00. The van der Waals surface area contributed by atoms with Crippen LogP contribution in [0.3, 0.4) is 0 Å². The van der Waals surface area contributed by atoms with Gasteiger partial charge in [-0.3, -0.25) is 4.79 Å². The third-order valence-electron chi connectivity index (χ3n) is 8.00. The molecule has 0 aromatic heterocycles. The van der Waals surface area contributed by atoms with Crippen molar-refractivity contribution in [1.82, 2.24) is 5.32 Å². The molecular formula is C31H64N2O2. The largest absolute Gasteiger partial charge is 0.386 e. The zero-order chi connectivity index (χ0) is 26.2. The number of unbranched alkanes of at least 4 members (excludes halogenated alkanes) is 18. The highest BCUT2D eigenvalue weighted by Crippen LogP contribution is 2.23. The number of nitrogens with two attached hydrogens (primary N) is 1. The smallest absolute Gasteiger partial charge is 0.220 e. The van der Waals surface area contributed by atoms with Gasteiger partial charge in [-0.15, -0.1) is 0 Å². The first-order valence-electron chi connectivity index (χ1n) is 15.7. The van der Waals surface area contributed by atoms with Gasteiger partial charge in [0.05, 0.1) is 11.6 Å². The fourth-order valence-corrected chi connectivity index (χ4v) is 5.33. The molecule has 0 saturated heterocycles. The second kappa shape index (κ2) is 23.8. The summed E-state index contributed by atoms with van der Waals surface area (Å²) in [7, 11) is 0. The molecule has 0 spiro atoms. The monoisotopic (exact) mass is 496 g/mol. The number of amides is 1. The van der Waals surface area contributed by atoms with Gasteiger partial charge in [-0.05, 0) is 25.7 Å². The second-order valence-electron chi connectivity index (χ2n) is 11.0. The molecule has 210 valence electrons. The lowest BCUT2D eigenvalue weighted by atomic mass is 9.81. The Balaban J connectivity index is 3.55. The van der Waals surface area contributed by atoms with Gasteiger partial charge >= 0.3 is 0 Å². The van der Waals surface area contributed by atoms with Crippen molar-refractivity contribution in [3.05, 3.63) is 0 Å². The van der Waals surface area contributed by atoms with Crippen LogP contribution in [0.2, 0.25) is 0 Å². The Bertz CT molecular complexity index is 471. The number of hydrogen-bond acceptors (Lipinski definition) is 3. The summed E-state index contributed by atoms with van der Waals surface area (Å²) in [5.41, 5.74) is 5.14. The molecule has 3 atom stereocenters. The molecule has 0 aromatic rings. The molecule has 0 aliphatic rings. The predicted octanol–water partition coefficient (Wildman–Crippen LogP) is 8.58. The van der Waals surface area contributed by atoms with Crippen LogP contribution in [0, 0.1) is 0 Å². The van der Waals surface area contributed by atoms with E-state index in [1.165, 1.54) is 109 Å². The van der Waals surface area contributed by atoms with E-state index in [1.807, 2.05) is 20.8 Å². The molecule has 4 N–H and O–H groups in total. The summed E-state index contributed by atoms with van der Waals surface area (Å²) in [6, 6.07) is -0.581. The van der Waals surface area contributed by atoms with E-state index in [0.29, 0.717) is 25.7 Å². The Morgan fingerprint density at radius 2 is 1.03 bits per heavy atom. The summed E-state index contributed by atoms with van der Waals surface area (Å²) >= 11 is 0. The Hall–Kier alpha value is -0.610. The average molecular weight is 497 g/mol. The van der Waals surface area contributed by atoms with Crippen molar-refractivity contribution >= 4 is 5.91 Å². The van der Waals surface area contributed by atoms with E-state index in [2.05, 4.69) is 12.2 Å². The SMILES string of the molecule is CCCCCCCCCCCCCCCCCCCCCC(=O)NC(CC)C(O)(CC)C(N)CC. The van der Waals surface area contributed by atoms with Crippen molar-refractivity contribution in [2.45, 2.75) is 193 Å². The zero-order valence-corrected chi connectivity index (χ0v) is 24.4. The number of rotatable bonds is 26. The standard InChI is InChI=1S/C31H64N2O2/c1-5-9-10-11-12-13-14-15-16-17-18-19-20-21-22-23-24-25-26-27-30(34)33-29(7-3)31(35,8-4)28(32)6-2/h28-29,35H,5-27,32H2,1-4H3,(H,33,34). The Kier molecular flexibility index (Phi) is 23.4. The van der Waals surface area contributed by atoms with Gasteiger partial charge in [-0.2, -0.15) is 0 Å². The highest BCUT2D eigenvalue weighted by molar-refractivity contribution is 5.76. The van der Waals surface area contributed by atoms with Gasteiger partial charge in [0.15, 0.2) is 0 Å². The normalized spacial score (nSPS) is 15.0. The number of aliphatic hydroxyl groups is 1. The van der Waals surface area contributed by atoms with E-state index in [-0.39, 0.29) is 18.0 Å². The van der Waals surface area contributed by atoms with E-state index < -0.39 is 5.60 Å². The number of carbonyl (C=O) groups excluding carboxylic acids is 1. The van der Waals surface area contributed by atoms with Gasteiger partial charge in [0.2, 0.25) is 5.91 Å². The Morgan fingerprint density at radius 3 is 1.34 bits per heavy atom. The van der Waals surface area contributed by atoms with Gasteiger partial charge in [0.1, 0.15) is 0 Å². The molecule has 4 nitrogen and oxygen atoms in total. The Morgan fingerprint density at radius 1 is 0.657 bits per heavy atom. The van der Waals surface area contributed by atoms with Crippen molar-refractivity contribution in [3.63, 3.8) is 0 Å². The summed E-state index contributed by atoms with van der Waals surface area (Å²) in [4.78, 5) is 12.4. The van der Waals surface area contributed by atoms with Crippen LogP contribution in [-0.2, 0) is 4.79 Å². The van der Waals surface area contributed by atoms with Crippen molar-refractivity contribution < 1.29 is 9.90 Å². The van der Waals surface area contributed by atoms with Crippen LogP contribution in [0.4, 0.5) is 0 Å². The van der Waals surface area contributed by atoms with Crippen molar-refractivity contribution in [2.24, 2.45) is 5.73 Å². The molecule has 3 unspecified atom stereocenters. The molecular weight excluding hydrogens is 432 g/mol. The summed E-state index contributed by atoms with van der Waals surface area (Å²) < 4.78 is 0. The predicted molar refractivity (Wildman–Crippen MR) is 154 cm³/mol. The van der Waals surface area contributed by atoms with Crippen molar-refractivity contribution in [3.8, 4) is 0 Å². The van der Waals surface area contributed by atoms with Gasteiger partial charge < -0.3 is 16.2 Å². The molecule has 0 aliphatic heterocycles. The molecule has 0 aromatic carbocycles. The topological polar surface area (TPSA) is 75.3 Å². The van der Waals surface area contributed by atoms with Gasteiger partial charge in [-0.1, -0.05) is 143 Å². The Labute approximate surface area is 220 Å². The first kappa shape index (κ1) is 34.4. The minimum atomic E-state index is -1.02. The minimum Gasteiger partial charge on any atom is -0.386 e. The van der Waals surface area contributed by atoms with E-state index in [1.54, 1.807) is 0 Å². The van der Waals surface area contributed by atoms with E-state index in [9.17, 15) is 9.90 Å². The molecule has 0 radical (unpaired) electrons. The third kappa shape index (κ3) is 17.5. The van der Waals surface area contributed by atoms with Crippen LogP contribution >= 0.6 is 0 Å². The fraction of sp³-hybridized carbons (Fsp3) is 0.968. The van der Waals surface area contributed by atoms with Gasteiger partial charge in [-0.25, -0.2) is 0 Å². The highest BCUT2D eigenvalue weighted by Gasteiger charge is 2.39. The quantitative estimate of drug-likeness (QED) is 0.105. The summed E-state index contributed by atoms with van der Waals surface area (Å²) in [6.07, 6.45) is 28.3. The molecule has 4 heteroatoms. The lowest BCUT2D eigenvalue weighted by Gasteiger charge is -2.40. The summed E-state index contributed by atoms with van der Waals surface area (Å²) in [5, 5.41) is 14.1. The van der Waals surface area contributed by atoms with E-state index in [4.69, 9.17) is 5.73 Å². The van der Waals surface area contributed by atoms with Crippen molar-refractivity contribution in [1.29, 1.82) is 0 Å². The van der Waals surface area contributed by atoms with Crippen LogP contribution in [-0.4, -0.2) is 28.7 Å². The lowest BCUT2D eigenvalue weighted by molar-refractivity contribution is -0.125. The summed E-state index contributed by atoms with van der Waals surface area (Å²) in [5.74, 6) is 0.0546. The van der Waals surface area contributed by atoms with E-state index in [0.717, 1.165) is 12.8 Å². The van der Waals surface area contributed by atoms with Crippen LogP contribution in [0.5, 0.6) is 0 Å².